The molecule has 3 heteroatoms. The molecule has 3 nitrogen and oxygen atoms in total. The molecule has 0 saturated carbocycles. The summed E-state index contributed by atoms with van der Waals surface area (Å²) in [5, 5.41) is 3.09. The second-order valence-corrected chi connectivity index (χ2v) is 5.37. The Morgan fingerprint density at radius 3 is 2.47 bits per heavy atom. The lowest BCUT2D eigenvalue weighted by Gasteiger charge is -2.23. The van der Waals surface area contributed by atoms with Gasteiger partial charge in [-0.25, -0.2) is 0 Å². The number of hydrogen-bond acceptors (Lipinski definition) is 3. The first-order chi connectivity index (χ1) is 7.90. The van der Waals surface area contributed by atoms with E-state index in [1.54, 1.807) is 7.11 Å². The first kappa shape index (κ1) is 14.0. The van der Waals surface area contributed by atoms with Gasteiger partial charge in [0.1, 0.15) is 5.75 Å². The molecule has 0 spiro atoms. The van der Waals surface area contributed by atoms with Crippen molar-refractivity contribution in [1.82, 2.24) is 5.32 Å². The summed E-state index contributed by atoms with van der Waals surface area (Å²) in [5.41, 5.74) is 8.62. The minimum Gasteiger partial charge on any atom is -0.496 e. The van der Waals surface area contributed by atoms with Crippen LogP contribution in [0.15, 0.2) is 18.2 Å². The molecular weight excluding hydrogens is 212 g/mol. The number of methoxy groups -OCH3 is 1. The number of ether oxygens (including phenoxy) is 1. The normalized spacial score (nSPS) is 13.5. The average molecular weight is 236 g/mol. The number of rotatable bonds is 4. The van der Waals surface area contributed by atoms with Crippen LogP contribution in [0.5, 0.6) is 5.75 Å². The molecule has 0 aromatic heterocycles. The lowest BCUT2D eigenvalue weighted by Crippen LogP contribution is -2.25. The maximum Gasteiger partial charge on any atom is 0.123 e. The highest BCUT2D eigenvalue weighted by Gasteiger charge is 2.18. The van der Waals surface area contributed by atoms with Gasteiger partial charge >= 0.3 is 0 Å². The van der Waals surface area contributed by atoms with Crippen molar-refractivity contribution in [2.45, 2.75) is 32.2 Å². The molecule has 1 aromatic carbocycles. The van der Waals surface area contributed by atoms with Crippen LogP contribution in [0.25, 0.3) is 0 Å². The van der Waals surface area contributed by atoms with E-state index in [4.69, 9.17) is 10.5 Å². The van der Waals surface area contributed by atoms with Crippen molar-refractivity contribution in [3.8, 4) is 5.75 Å². The van der Waals surface area contributed by atoms with Crippen molar-refractivity contribution < 1.29 is 4.74 Å². The third-order valence-corrected chi connectivity index (χ3v) is 2.92. The van der Waals surface area contributed by atoms with E-state index in [2.05, 4.69) is 38.2 Å². The van der Waals surface area contributed by atoms with Gasteiger partial charge in [-0.1, -0.05) is 26.8 Å². The van der Waals surface area contributed by atoms with E-state index in [1.165, 1.54) is 5.56 Å². The summed E-state index contributed by atoms with van der Waals surface area (Å²) in [4.78, 5) is 0. The Kier molecular flexibility index (Phi) is 4.54. The van der Waals surface area contributed by atoms with Gasteiger partial charge in [-0.2, -0.15) is 0 Å². The van der Waals surface area contributed by atoms with Gasteiger partial charge in [0.2, 0.25) is 0 Å². The summed E-state index contributed by atoms with van der Waals surface area (Å²) in [6.07, 6.45) is 0. The molecule has 96 valence electrons. The molecule has 1 unspecified atom stereocenters. The fraction of sp³-hybridized carbons (Fsp3) is 0.571. The van der Waals surface area contributed by atoms with Crippen LogP contribution < -0.4 is 15.8 Å². The number of nitrogens with one attached hydrogen (secondary N) is 1. The number of hydrogen-bond donors (Lipinski definition) is 2. The number of benzene rings is 1. The first-order valence-corrected chi connectivity index (χ1v) is 5.98. The third kappa shape index (κ3) is 3.45. The number of likely N-dealkylation sites (N-methyl/N-ethyl adjacent to an activating group) is 1. The van der Waals surface area contributed by atoms with Gasteiger partial charge in [-0.3, -0.25) is 0 Å². The standard InChI is InChI=1S/C14H24N2O/c1-14(2,3)10-6-7-13(17-5)11(8-10)12(15)9-16-4/h6-8,12,16H,9,15H2,1-5H3. The van der Waals surface area contributed by atoms with Crippen molar-refractivity contribution in [3.63, 3.8) is 0 Å². The second-order valence-electron chi connectivity index (χ2n) is 5.37. The fourth-order valence-electron chi connectivity index (χ4n) is 1.82. The lowest BCUT2D eigenvalue weighted by molar-refractivity contribution is 0.404. The molecule has 0 heterocycles. The van der Waals surface area contributed by atoms with E-state index in [1.807, 2.05) is 13.1 Å². The van der Waals surface area contributed by atoms with Gasteiger partial charge < -0.3 is 15.8 Å². The topological polar surface area (TPSA) is 47.3 Å². The maximum absolute atomic E-state index is 6.15. The summed E-state index contributed by atoms with van der Waals surface area (Å²) in [6, 6.07) is 6.22. The summed E-state index contributed by atoms with van der Waals surface area (Å²) in [5.74, 6) is 0.862. The van der Waals surface area contributed by atoms with Crippen LogP contribution in [0.3, 0.4) is 0 Å². The molecular formula is C14H24N2O. The maximum atomic E-state index is 6.15. The molecule has 0 bridgehead atoms. The summed E-state index contributed by atoms with van der Waals surface area (Å²) in [7, 11) is 3.58. The monoisotopic (exact) mass is 236 g/mol. The molecule has 0 aliphatic heterocycles. The van der Waals surface area contributed by atoms with E-state index in [0.29, 0.717) is 0 Å². The Balaban J connectivity index is 3.15. The minimum atomic E-state index is -0.0442. The zero-order valence-electron chi connectivity index (χ0n) is 11.5. The third-order valence-electron chi connectivity index (χ3n) is 2.92. The Labute approximate surface area is 104 Å². The van der Waals surface area contributed by atoms with Crippen LogP contribution in [0, 0.1) is 0 Å². The summed E-state index contributed by atoms with van der Waals surface area (Å²) in [6.45, 7) is 7.33. The van der Waals surface area contributed by atoms with Gasteiger partial charge in [0.05, 0.1) is 7.11 Å². The van der Waals surface area contributed by atoms with Crippen molar-refractivity contribution in [2.75, 3.05) is 20.7 Å². The highest BCUT2D eigenvalue weighted by molar-refractivity contribution is 5.41. The van der Waals surface area contributed by atoms with E-state index >= 15 is 0 Å². The predicted octanol–water partition coefficient (Wildman–Crippen LogP) is 2.21. The molecule has 0 radical (unpaired) electrons. The predicted molar refractivity (Wildman–Crippen MR) is 72.5 cm³/mol. The van der Waals surface area contributed by atoms with Gasteiger partial charge in [0.15, 0.2) is 0 Å². The molecule has 0 aliphatic rings. The zero-order valence-corrected chi connectivity index (χ0v) is 11.5. The van der Waals surface area contributed by atoms with Crippen molar-refractivity contribution in [3.05, 3.63) is 29.3 Å². The smallest absolute Gasteiger partial charge is 0.123 e. The van der Waals surface area contributed by atoms with E-state index < -0.39 is 0 Å². The molecule has 17 heavy (non-hydrogen) atoms. The first-order valence-electron chi connectivity index (χ1n) is 5.98. The largest absolute Gasteiger partial charge is 0.496 e. The molecule has 0 saturated heterocycles. The zero-order chi connectivity index (χ0) is 13.1. The van der Waals surface area contributed by atoms with E-state index in [0.717, 1.165) is 17.9 Å². The molecule has 1 atom stereocenters. The summed E-state index contributed by atoms with van der Waals surface area (Å²) < 4.78 is 5.37. The molecule has 1 rings (SSSR count). The van der Waals surface area contributed by atoms with E-state index in [-0.39, 0.29) is 11.5 Å². The Hall–Kier alpha value is -1.06. The van der Waals surface area contributed by atoms with Crippen LogP contribution in [0.2, 0.25) is 0 Å². The second kappa shape index (κ2) is 5.52. The van der Waals surface area contributed by atoms with Crippen LogP contribution in [0.1, 0.15) is 37.9 Å². The Morgan fingerprint density at radius 1 is 1.35 bits per heavy atom. The van der Waals surface area contributed by atoms with Gasteiger partial charge in [-0.15, -0.1) is 0 Å². The fourth-order valence-corrected chi connectivity index (χ4v) is 1.82. The minimum absolute atomic E-state index is 0.0442. The van der Waals surface area contributed by atoms with Crippen LogP contribution in [-0.2, 0) is 5.41 Å². The van der Waals surface area contributed by atoms with Crippen molar-refractivity contribution in [1.29, 1.82) is 0 Å². The van der Waals surface area contributed by atoms with Crippen LogP contribution >= 0.6 is 0 Å². The Morgan fingerprint density at radius 2 is 2.00 bits per heavy atom. The SMILES string of the molecule is CNCC(N)c1cc(C(C)(C)C)ccc1OC. The van der Waals surface area contributed by atoms with Crippen LogP contribution in [-0.4, -0.2) is 20.7 Å². The van der Waals surface area contributed by atoms with Crippen molar-refractivity contribution in [2.24, 2.45) is 5.73 Å². The van der Waals surface area contributed by atoms with Gasteiger partial charge in [-0.05, 0) is 30.2 Å². The average Bonchev–Trinajstić information content (AvgIpc) is 2.27. The van der Waals surface area contributed by atoms with Gasteiger partial charge in [0, 0.05) is 18.2 Å². The van der Waals surface area contributed by atoms with Crippen molar-refractivity contribution >= 4 is 0 Å². The molecule has 0 amide bonds. The van der Waals surface area contributed by atoms with Gasteiger partial charge in [0.25, 0.3) is 0 Å². The van der Waals surface area contributed by atoms with Crippen LogP contribution in [0.4, 0.5) is 0 Å². The molecule has 3 N–H and O–H groups in total. The highest BCUT2D eigenvalue weighted by atomic mass is 16.5. The van der Waals surface area contributed by atoms with E-state index in [9.17, 15) is 0 Å². The molecule has 0 aliphatic carbocycles. The summed E-state index contributed by atoms with van der Waals surface area (Å²) >= 11 is 0. The highest BCUT2D eigenvalue weighted by Crippen LogP contribution is 2.30. The quantitative estimate of drug-likeness (QED) is 0.842. The Bertz CT molecular complexity index is 369. The molecule has 0 fully saturated rings. The molecule has 1 aromatic rings. The number of nitrogens with two attached hydrogens (primary N) is 1. The lowest BCUT2D eigenvalue weighted by atomic mass is 9.85.